The van der Waals surface area contributed by atoms with Crippen molar-refractivity contribution in [2.75, 3.05) is 17.3 Å². The lowest BCUT2D eigenvalue weighted by Gasteiger charge is -2.20. The SMILES string of the molecule is CN(Cc1ccco1)c1cc2c(cc1Cl)C(O)C(=O)N2. The van der Waals surface area contributed by atoms with Crippen LogP contribution in [0, 0.1) is 0 Å². The molecule has 0 aliphatic carbocycles. The van der Waals surface area contributed by atoms with Crippen LogP contribution in [0.3, 0.4) is 0 Å². The van der Waals surface area contributed by atoms with Crippen molar-refractivity contribution >= 4 is 28.9 Å². The molecule has 2 heterocycles. The van der Waals surface area contributed by atoms with Crippen LogP contribution in [-0.2, 0) is 11.3 Å². The molecule has 0 spiro atoms. The van der Waals surface area contributed by atoms with Crippen LogP contribution in [0.2, 0.25) is 5.02 Å². The molecule has 1 aromatic heterocycles. The number of nitrogens with zero attached hydrogens (tertiary/aromatic N) is 1. The number of nitrogens with one attached hydrogen (secondary N) is 1. The first-order chi connectivity index (χ1) is 9.56. The summed E-state index contributed by atoms with van der Waals surface area (Å²) in [7, 11) is 1.88. The number of anilines is 2. The fourth-order valence-corrected chi connectivity index (χ4v) is 2.58. The van der Waals surface area contributed by atoms with Gasteiger partial charge in [0.25, 0.3) is 5.91 Å². The van der Waals surface area contributed by atoms with Gasteiger partial charge in [-0.25, -0.2) is 0 Å². The third-order valence-electron chi connectivity index (χ3n) is 3.30. The zero-order chi connectivity index (χ0) is 14.3. The summed E-state index contributed by atoms with van der Waals surface area (Å²) in [6.45, 7) is 0.558. The van der Waals surface area contributed by atoms with Gasteiger partial charge in [-0.2, -0.15) is 0 Å². The lowest BCUT2D eigenvalue weighted by Crippen LogP contribution is -2.16. The van der Waals surface area contributed by atoms with E-state index in [-0.39, 0.29) is 0 Å². The molecule has 20 heavy (non-hydrogen) atoms. The monoisotopic (exact) mass is 292 g/mol. The average molecular weight is 293 g/mol. The number of fused-ring (bicyclic) bond motifs is 1. The summed E-state index contributed by atoms with van der Waals surface area (Å²) >= 11 is 6.23. The van der Waals surface area contributed by atoms with Crippen LogP contribution in [0.25, 0.3) is 0 Å². The van der Waals surface area contributed by atoms with E-state index in [0.717, 1.165) is 11.4 Å². The van der Waals surface area contributed by atoms with Gasteiger partial charge in [0, 0.05) is 18.3 Å². The normalized spacial score (nSPS) is 16.9. The summed E-state index contributed by atoms with van der Waals surface area (Å²) in [6.07, 6.45) is 0.469. The topological polar surface area (TPSA) is 65.7 Å². The second-order valence-corrected chi connectivity index (χ2v) is 5.13. The number of carbonyl (C=O) groups is 1. The van der Waals surface area contributed by atoms with Crippen LogP contribution >= 0.6 is 11.6 Å². The molecule has 6 heteroatoms. The summed E-state index contributed by atoms with van der Waals surface area (Å²) in [5, 5.41) is 12.8. The summed E-state index contributed by atoms with van der Waals surface area (Å²) in [5.41, 5.74) is 1.86. The molecule has 0 bridgehead atoms. The van der Waals surface area contributed by atoms with Gasteiger partial charge in [0.1, 0.15) is 5.76 Å². The van der Waals surface area contributed by atoms with E-state index in [0.29, 0.717) is 22.8 Å². The molecule has 0 saturated heterocycles. The summed E-state index contributed by atoms with van der Waals surface area (Å²) < 4.78 is 5.30. The Bertz CT molecular complexity index is 655. The molecule has 3 rings (SSSR count). The van der Waals surface area contributed by atoms with Gasteiger partial charge in [-0.05, 0) is 24.3 Å². The van der Waals surface area contributed by atoms with Crippen LogP contribution in [0.4, 0.5) is 11.4 Å². The van der Waals surface area contributed by atoms with Gasteiger partial charge in [-0.3, -0.25) is 4.79 Å². The molecule has 1 atom stereocenters. The lowest BCUT2D eigenvalue weighted by molar-refractivity contribution is -0.123. The second kappa shape index (κ2) is 4.85. The molecule has 5 nitrogen and oxygen atoms in total. The van der Waals surface area contributed by atoms with Crippen molar-refractivity contribution in [2.45, 2.75) is 12.6 Å². The molecule has 0 saturated carbocycles. The van der Waals surface area contributed by atoms with Crippen molar-refractivity contribution in [3.05, 3.63) is 46.9 Å². The van der Waals surface area contributed by atoms with Gasteiger partial charge in [0.2, 0.25) is 0 Å². The van der Waals surface area contributed by atoms with Crippen molar-refractivity contribution < 1.29 is 14.3 Å². The first kappa shape index (κ1) is 13.0. The van der Waals surface area contributed by atoms with E-state index in [1.807, 2.05) is 24.1 Å². The van der Waals surface area contributed by atoms with E-state index in [4.69, 9.17) is 16.0 Å². The highest BCUT2D eigenvalue weighted by Gasteiger charge is 2.30. The molecule has 104 valence electrons. The molecule has 1 aliphatic rings. The van der Waals surface area contributed by atoms with Gasteiger partial charge >= 0.3 is 0 Å². The first-order valence-corrected chi connectivity index (χ1v) is 6.50. The smallest absolute Gasteiger partial charge is 0.257 e. The molecule has 0 radical (unpaired) electrons. The Morgan fingerprint density at radius 2 is 2.30 bits per heavy atom. The molecule has 1 aromatic carbocycles. The Labute approximate surface area is 120 Å². The number of furan rings is 1. The number of aliphatic hydroxyl groups excluding tert-OH is 1. The summed E-state index contributed by atoms with van der Waals surface area (Å²) in [4.78, 5) is 13.4. The molecule has 1 unspecified atom stereocenters. The zero-order valence-electron chi connectivity index (χ0n) is 10.8. The van der Waals surface area contributed by atoms with E-state index in [1.165, 1.54) is 0 Å². The van der Waals surface area contributed by atoms with E-state index in [1.54, 1.807) is 18.4 Å². The van der Waals surface area contributed by atoms with Crippen LogP contribution in [0.15, 0.2) is 34.9 Å². The summed E-state index contributed by atoms with van der Waals surface area (Å²) in [6, 6.07) is 7.08. The van der Waals surface area contributed by atoms with Crippen molar-refractivity contribution in [3.8, 4) is 0 Å². The minimum atomic E-state index is -1.15. The van der Waals surface area contributed by atoms with Crippen LogP contribution in [0.1, 0.15) is 17.4 Å². The number of halogens is 1. The van der Waals surface area contributed by atoms with Gasteiger partial charge in [-0.15, -0.1) is 0 Å². The Morgan fingerprint density at radius 1 is 1.50 bits per heavy atom. The third-order valence-corrected chi connectivity index (χ3v) is 3.61. The van der Waals surface area contributed by atoms with E-state index in [2.05, 4.69) is 5.32 Å². The highest BCUT2D eigenvalue weighted by atomic mass is 35.5. The molecular formula is C14H13ClN2O3. The Morgan fingerprint density at radius 3 is 3.00 bits per heavy atom. The van der Waals surface area contributed by atoms with Crippen LogP contribution in [-0.4, -0.2) is 18.1 Å². The van der Waals surface area contributed by atoms with E-state index >= 15 is 0 Å². The predicted molar refractivity (Wildman–Crippen MR) is 75.9 cm³/mol. The minimum absolute atomic E-state index is 0.429. The number of hydrogen-bond donors (Lipinski definition) is 2. The van der Waals surface area contributed by atoms with Gasteiger partial charge in [0.05, 0.1) is 23.5 Å². The maximum absolute atomic E-state index is 11.4. The van der Waals surface area contributed by atoms with Crippen LogP contribution < -0.4 is 10.2 Å². The number of benzene rings is 1. The maximum atomic E-state index is 11.4. The second-order valence-electron chi connectivity index (χ2n) is 4.72. The van der Waals surface area contributed by atoms with E-state index in [9.17, 15) is 9.90 Å². The summed E-state index contributed by atoms with van der Waals surface area (Å²) in [5.74, 6) is 0.384. The van der Waals surface area contributed by atoms with Crippen molar-refractivity contribution in [1.29, 1.82) is 0 Å². The highest BCUT2D eigenvalue weighted by Crippen LogP contribution is 2.38. The fraction of sp³-hybridized carbons (Fsp3) is 0.214. The Hall–Kier alpha value is -1.98. The molecule has 2 N–H and O–H groups in total. The third kappa shape index (κ3) is 2.15. The number of hydrogen-bond acceptors (Lipinski definition) is 4. The largest absolute Gasteiger partial charge is 0.467 e. The standard InChI is InChI=1S/C14H13ClN2O3/c1-17(7-8-3-2-4-20-8)12-6-11-9(5-10(12)15)13(18)14(19)16-11/h2-6,13,18H,7H2,1H3,(H,16,19). The molecular weight excluding hydrogens is 280 g/mol. The number of carbonyl (C=O) groups excluding carboxylic acids is 1. The fourth-order valence-electron chi connectivity index (χ4n) is 2.27. The first-order valence-electron chi connectivity index (χ1n) is 6.12. The molecule has 0 fully saturated rings. The predicted octanol–water partition coefficient (Wildman–Crippen LogP) is 2.55. The molecule has 1 amide bonds. The maximum Gasteiger partial charge on any atom is 0.257 e. The van der Waals surface area contributed by atoms with Gasteiger partial charge in [0.15, 0.2) is 6.10 Å². The van der Waals surface area contributed by atoms with Crippen molar-refractivity contribution in [2.24, 2.45) is 0 Å². The van der Waals surface area contributed by atoms with E-state index < -0.39 is 12.0 Å². The lowest BCUT2D eigenvalue weighted by atomic mass is 10.1. The highest BCUT2D eigenvalue weighted by molar-refractivity contribution is 6.33. The van der Waals surface area contributed by atoms with Gasteiger partial charge in [-0.1, -0.05) is 11.6 Å². The minimum Gasteiger partial charge on any atom is -0.467 e. The quantitative estimate of drug-likeness (QED) is 0.912. The average Bonchev–Trinajstić information content (AvgIpc) is 3.00. The van der Waals surface area contributed by atoms with Crippen molar-refractivity contribution in [1.82, 2.24) is 0 Å². The Kier molecular flexibility index (Phi) is 3.16. The molecule has 2 aromatic rings. The zero-order valence-corrected chi connectivity index (χ0v) is 11.5. The van der Waals surface area contributed by atoms with Crippen molar-refractivity contribution in [3.63, 3.8) is 0 Å². The Balaban J connectivity index is 1.91. The van der Waals surface area contributed by atoms with Crippen LogP contribution in [0.5, 0.6) is 0 Å². The number of aliphatic hydroxyl groups is 1. The number of amides is 1. The molecule has 1 aliphatic heterocycles. The van der Waals surface area contributed by atoms with Gasteiger partial charge < -0.3 is 19.7 Å². The number of rotatable bonds is 3.